The van der Waals surface area contributed by atoms with E-state index < -0.39 is 5.91 Å². The van der Waals surface area contributed by atoms with Gasteiger partial charge in [-0.05, 0) is 29.5 Å². The monoisotopic (exact) mass is 335 g/mol. The Balaban J connectivity index is 1.83. The SMILES string of the molecule is NC(=O)c1cccc2c1NC(c1cccc([N+](=O)[O-])c1)C1CC=CC21. The number of nitrogens with two attached hydrogens (primary N) is 1. The van der Waals surface area contributed by atoms with Gasteiger partial charge >= 0.3 is 0 Å². The van der Waals surface area contributed by atoms with Crippen LogP contribution in [0, 0.1) is 16.0 Å². The maximum Gasteiger partial charge on any atom is 0.269 e. The largest absolute Gasteiger partial charge is 0.377 e. The number of nitrogens with zero attached hydrogens (tertiary/aromatic N) is 1. The third-order valence-electron chi connectivity index (χ3n) is 5.10. The quantitative estimate of drug-likeness (QED) is 0.509. The first kappa shape index (κ1) is 15.4. The molecule has 1 heterocycles. The predicted molar refractivity (Wildman–Crippen MR) is 94.4 cm³/mol. The minimum Gasteiger partial charge on any atom is -0.377 e. The van der Waals surface area contributed by atoms with Crippen LogP contribution in [0.3, 0.4) is 0 Å². The van der Waals surface area contributed by atoms with Gasteiger partial charge in [0.25, 0.3) is 11.6 Å². The van der Waals surface area contributed by atoms with E-state index in [1.807, 2.05) is 18.2 Å². The minimum absolute atomic E-state index is 0.0655. The number of hydrogen-bond acceptors (Lipinski definition) is 4. The van der Waals surface area contributed by atoms with Gasteiger partial charge in [0.1, 0.15) is 0 Å². The third-order valence-corrected chi connectivity index (χ3v) is 5.10. The number of fused-ring (bicyclic) bond motifs is 3. The summed E-state index contributed by atoms with van der Waals surface area (Å²) in [6.07, 6.45) is 5.16. The summed E-state index contributed by atoms with van der Waals surface area (Å²) in [6.45, 7) is 0. The summed E-state index contributed by atoms with van der Waals surface area (Å²) in [7, 11) is 0. The molecule has 3 unspecified atom stereocenters. The van der Waals surface area contributed by atoms with Gasteiger partial charge in [-0.25, -0.2) is 0 Å². The van der Waals surface area contributed by atoms with Crippen LogP contribution >= 0.6 is 0 Å². The number of nitro groups is 1. The molecule has 1 aliphatic carbocycles. The molecule has 0 saturated carbocycles. The number of rotatable bonds is 3. The minimum atomic E-state index is -0.484. The third kappa shape index (κ3) is 2.46. The Morgan fingerprint density at radius 2 is 2.04 bits per heavy atom. The van der Waals surface area contributed by atoms with Gasteiger partial charge in [0.2, 0.25) is 0 Å². The molecule has 126 valence electrons. The van der Waals surface area contributed by atoms with E-state index in [0.29, 0.717) is 5.56 Å². The molecule has 25 heavy (non-hydrogen) atoms. The molecule has 2 aliphatic rings. The molecule has 0 fully saturated rings. The lowest BCUT2D eigenvalue weighted by Gasteiger charge is -2.38. The van der Waals surface area contributed by atoms with E-state index in [1.165, 1.54) is 6.07 Å². The molecule has 6 nitrogen and oxygen atoms in total. The Labute approximate surface area is 144 Å². The van der Waals surface area contributed by atoms with Crippen LogP contribution in [0.4, 0.5) is 11.4 Å². The number of nitro benzene ring substituents is 1. The number of hydrogen-bond donors (Lipinski definition) is 2. The van der Waals surface area contributed by atoms with Gasteiger partial charge in [0.15, 0.2) is 0 Å². The summed E-state index contributed by atoms with van der Waals surface area (Å²) < 4.78 is 0. The highest BCUT2D eigenvalue weighted by Gasteiger charge is 2.39. The van der Waals surface area contributed by atoms with Gasteiger partial charge in [0, 0.05) is 18.1 Å². The number of anilines is 1. The smallest absolute Gasteiger partial charge is 0.269 e. The van der Waals surface area contributed by atoms with Crippen molar-refractivity contribution >= 4 is 17.3 Å². The van der Waals surface area contributed by atoms with E-state index in [-0.39, 0.29) is 28.5 Å². The lowest BCUT2D eigenvalue weighted by Crippen LogP contribution is -2.31. The fourth-order valence-electron chi connectivity index (χ4n) is 3.99. The highest BCUT2D eigenvalue weighted by atomic mass is 16.6. The van der Waals surface area contributed by atoms with Crippen molar-refractivity contribution in [1.29, 1.82) is 0 Å². The van der Waals surface area contributed by atoms with Crippen molar-refractivity contribution in [2.75, 3.05) is 5.32 Å². The average Bonchev–Trinajstić information content (AvgIpc) is 3.10. The number of amides is 1. The first-order valence-corrected chi connectivity index (χ1v) is 8.16. The van der Waals surface area contributed by atoms with Crippen LogP contribution in [0.5, 0.6) is 0 Å². The van der Waals surface area contributed by atoms with Crippen LogP contribution in [0.25, 0.3) is 0 Å². The molecular formula is C19H17N3O3. The van der Waals surface area contributed by atoms with Crippen molar-refractivity contribution in [3.8, 4) is 0 Å². The van der Waals surface area contributed by atoms with Crippen LogP contribution in [0.1, 0.15) is 39.9 Å². The molecule has 0 spiro atoms. The summed E-state index contributed by atoms with van der Waals surface area (Å²) in [5, 5.41) is 14.6. The summed E-state index contributed by atoms with van der Waals surface area (Å²) in [5.74, 6) is -0.0694. The predicted octanol–water partition coefficient (Wildman–Crippen LogP) is 3.52. The van der Waals surface area contributed by atoms with E-state index in [9.17, 15) is 14.9 Å². The molecule has 2 aromatic carbocycles. The molecule has 3 atom stereocenters. The van der Waals surface area contributed by atoms with E-state index in [2.05, 4.69) is 17.5 Å². The average molecular weight is 335 g/mol. The molecule has 0 radical (unpaired) electrons. The normalized spacial score (nSPS) is 23.4. The van der Waals surface area contributed by atoms with Gasteiger partial charge < -0.3 is 11.1 Å². The highest BCUT2D eigenvalue weighted by Crippen LogP contribution is 2.50. The Morgan fingerprint density at radius 1 is 1.24 bits per heavy atom. The van der Waals surface area contributed by atoms with E-state index in [1.54, 1.807) is 18.2 Å². The molecule has 0 bridgehead atoms. The number of benzene rings is 2. The van der Waals surface area contributed by atoms with Crippen molar-refractivity contribution in [3.05, 3.63) is 81.4 Å². The van der Waals surface area contributed by atoms with Crippen molar-refractivity contribution in [2.24, 2.45) is 11.7 Å². The first-order chi connectivity index (χ1) is 12.1. The number of carbonyl (C=O) groups is 1. The van der Waals surface area contributed by atoms with Crippen molar-refractivity contribution in [3.63, 3.8) is 0 Å². The van der Waals surface area contributed by atoms with Crippen molar-refractivity contribution in [1.82, 2.24) is 0 Å². The fraction of sp³-hybridized carbons (Fsp3) is 0.211. The summed E-state index contributed by atoms with van der Waals surface area (Å²) in [4.78, 5) is 22.6. The maximum atomic E-state index is 11.8. The Morgan fingerprint density at radius 3 is 2.80 bits per heavy atom. The van der Waals surface area contributed by atoms with Gasteiger partial charge in [-0.15, -0.1) is 0 Å². The molecule has 4 rings (SSSR count). The summed E-state index contributed by atoms with van der Waals surface area (Å²) >= 11 is 0. The zero-order valence-corrected chi connectivity index (χ0v) is 13.4. The molecular weight excluding hydrogens is 318 g/mol. The lowest BCUT2D eigenvalue weighted by atomic mass is 9.76. The van der Waals surface area contributed by atoms with E-state index in [0.717, 1.165) is 23.2 Å². The molecule has 1 amide bonds. The first-order valence-electron chi connectivity index (χ1n) is 8.16. The molecule has 6 heteroatoms. The van der Waals surface area contributed by atoms with Crippen molar-refractivity contribution < 1.29 is 9.72 Å². The Bertz CT molecular complexity index is 907. The number of para-hydroxylation sites is 1. The number of nitrogens with one attached hydrogen (secondary N) is 1. The van der Waals surface area contributed by atoms with Crippen LogP contribution in [0.2, 0.25) is 0 Å². The number of carbonyl (C=O) groups excluding carboxylic acids is 1. The van der Waals surface area contributed by atoms with Gasteiger partial charge in [-0.1, -0.05) is 36.4 Å². The highest BCUT2D eigenvalue weighted by molar-refractivity contribution is 5.99. The van der Waals surface area contributed by atoms with Gasteiger partial charge in [-0.3, -0.25) is 14.9 Å². The molecule has 1 aliphatic heterocycles. The molecule has 3 N–H and O–H groups in total. The van der Waals surface area contributed by atoms with Gasteiger partial charge in [-0.2, -0.15) is 0 Å². The van der Waals surface area contributed by atoms with E-state index in [4.69, 9.17) is 5.73 Å². The zero-order chi connectivity index (χ0) is 17.6. The molecule has 2 aromatic rings. The van der Waals surface area contributed by atoms with E-state index >= 15 is 0 Å². The standard InChI is InChI=1S/C19H17N3O3/c20-19(23)16-9-3-8-15-13-6-2-7-14(13)17(21-18(15)16)11-4-1-5-12(10-11)22(24)25/h1-6,8-10,13-14,17,21H,7H2,(H2,20,23). The lowest BCUT2D eigenvalue weighted by molar-refractivity contribution is -0.384. The second kappa shape index (κ2) is 5.73. The van der Waals surface area contributed by atoms with Crippen LogP contribution in [-0.2, 0) is 0 Å². The summed E-state index contributed by atoms with van der Waals surface area (Å²) in [5.41, 5.74) is 8.69. The number of allylic oxidation sites excluding steroid dienone is 2. The van der Waals surface area contributed by atoms with Crippen LogP contribution < -0.4 is 11.1 Å². The second-order valence-corrected chi connectivity index (χ2v) is 6.46. The van der Waals surface area contributed by atoms with Crippen LogP contribution in [0.15, 0.2) is 54.6 Å². The number of non-ortho nitro benzene ring substituents is 1. The molecule has 0 saturated heterocycles. The van der Waals surface area contributed by atoms with Gasteiger partial charge in [0.05, 0.1) is 22.2 Å². The number of primary amides is 1. The van der Waals surface area contributed by atoms with Crippen molar-refractivity contribution in [2.45, 2.75) is 18.4 Å². The Hall–Kier alpha value is -3.15. The topological polar surface area (TPSA) is 98.3 Å². The maximum absolute atomic E-state index is 11.8. The Kier molecular flexibility index (Phi) is 3.53. The fourth-order valence-corrected chi connectivity index (χ4v) is 3.99. The van der Waals surface area contributed by atoms with Crippen LogP contribution in [-0.4, -0.2) is 10.8 Å². The second-order valence-electron chi connectivity index (χ2n) is 6.46. The summed E-state index contributed by atoms with van der Waals surface area (Å²) in [6, 6.07) is 12.1. The zero-order valence-electron chi connectivity index (χ0n) is 13.4. The molecule has 0 aromatic heterocycles.